The van der Waals surface area contributed by atoms with E-state index in [0.717, 1.165) is 31.9 Å². The number of hydrogen-bond acceptors (Lipinski definition) is 4. The van der Waals surface area contributed by atoms with Crippen molar-refractivity contribution in [1.29, 1.82) is 0 Å². The third-order valence-electron chi connectivity index (χ3n) is 3.53. The van der Waals surface area contributed by atoms with Gasteiger partial charge in [0.15, 0.2) is 0 Å². The summed E-state index contributed by atoms with van der Waals surface area (Å²) < 4.78 is 5.15. The molecule has 1 aromatic carbocycles. The highest BCUT2D eigenvalue weighted by atomic mass is 16.5. The molecule has 0 aromatic heterocycles. The largest absolute Gasteiger partial charge is 0.497 e. The summed E-state index contributed by atoms with van der Waals surface area (Å²) >= 11 is 0. The summed E-state index contributed by atoms with van der Waals surface area (Å²) in [4.78, 5) is 15.2. The van der Waals surface area contributed by atoms with Gasteiger partial charge in [-0.2, -0.15) is 0 Å². The average Bonchev–Trinajstić information content (AvgIpc) is 2.48. The van der Waals surface area contributed by atoms with Gasteiger partial charge in [-0.05, 0) is 24.3 Å². The predicted octanol–water partition coefficient (Wildman–Crippen LogP) is 1.46. The first kappa shape index (κ1) is 14.4. The number of rotatable bonds is 5. The normalized spacial score (nSPS) is 15.9. The molecule has 0 saturated carbocycles. The average molecular weight is 276 g/mol. The van der Waals surface area contributed by atoms with E-state index in [1.807, 2.05) is 24.3 Å². The molecule has 5 heteroatoms. The van der Waals surface area contributed by atoms with Crippen molar-refractivity contribution in [3.8, 4) is 5.75 Å². The third kappa shape index (κ3) is 3.51. The van der Waals surface area contributed by atoms with Crippen LogP contribution in [0.15, 0.2) is 36.4 Å². The van der Waals surface area contributed by atoms with Crippen LogP contribution < -0.4 is 9.64 Å². The lowest BCUT2D eigenvalue weighted by Crippen LogP contribution is -2.47. The van der Waals surface area contributed by atoms with E-state index in [0.29, 0.717) is 6.54 Å². The minimum atomic E-state index is -0.914. The number of carbonyl (C=O) groups is 1. The lowest BCUT2D eigenvalue weighted by Gasteiger charge is -2.36. The second-order valence-corrected chi connectivity index (χ2v) is 4.87. The monoisotopic (exact) mass is 276 g/mol. The zero-order chi connectivity index (χ0) is 14.5. The fourth-order valence-electron chi connectivity index (χ4n) is 2.29. The van der Waals surface area contributed by atoms with Gasteiger partial charge in [0.1, 0.15) is 5.75 Å². The van der Waals surface area contributed by atoms with Crippen LogP contribution in [0, 0.1) is 0 Å². The molecule has 1 aromatic rings. The van der Waals surface area contributed by atoms with Gasteiger partial charge in [0.05, 0.1) is 7.11 Å². The van der Waals surface area contributed by atoms with Crippen molar-refractivity contribution in [2.45, 2.75) is 0 Å². The molecule has 2 rings (SSSR count). The molecule has 108 valence electrons. The molecule has 0 aliphatic carbocycles. The molecule has 1 heterocycles. The Balaban J connectivity index is 1.87. The van der Waals surface area contributed by atoms with Crippen LogP contribution in [0.4, 0.5) is 5.69 Å². The van der Waals surface area contributed by atoms with Crippen LogP contribution in [0.3, 0.4) is 0 Å². The molecule has 0 spiro atoms. The molecule has 0 amide bonds. The second-order valence-electron chi connectivity index (χ2n) is 4.87. The molecule has 1 aliphatic heterocycles. The molecule has 1 fully saturated rings. The summed E-state index contributed by atoms with van der Waals surface area (Å²) in [7, 11) is 1.66. The minimum Gasteiger partial charge on any atom is -0.497 e. The fourth-order valence-corrected chi connectivity index (χ4v) is 2.29. The van der Waals surface area contributed by atoms with Crippen LogP contribution >= 0.6 is 0 Å². The maximum atomic E-state index is 10.8. The number of benzene rings is 1. The van der Waals surface area contributed by atoms with Crippen LogP contribution in [-0.2, 0) is 4.79 Å². The standard InChI is InChI=1S/C15H20N2O3/c1-12(15(18)19)11-16-7-9-17(10-8-16)13-3-5-14(20-2)6-4-13/h3-6H,1,7-11H2,2H3,(H,18,19). The van der Waals surface area contributed by atoms with Crippen LogP contribution in [0.25, 0.3) is 0 Å². The minimum absolute atomic E-state index is 0.253. The first-order valence-electron chi connectivity index (χ1n) is 6.62. The molecule has 20 heavy (non-hydrogen) atoms. The van der Waals surface area contributed by atoms with Crippen LogP contribution in [0.5, 0.6) is 5.75 Å². The van der Waals surface area contributed by atoms with Gasteiger partial charge in [-0.3, -0.25) is 4.90 Å². The maximum absolute atomic E-state index is 10.8. The van der Waals surface area contributed by atoms with Crippen molar-refractivity contribution in [2.75, 3.05) is 44.7 Å². The highest BCUT2D eigenvalue weighted by molar-refractivity contribution is 5.86. The van der Waals surface area contributed by atoms with E-state index < -0.39 is 5.97 Å². The predicted molar refractivity (Wildman–Crippen MR) is 78.4 cm³/mol. The first-order valence-corrected chi connectivity index (χ1v) is 6.62. The van der Waals surface area contributed by atoms with Crippen molar-refractivity contribution in [2.24, 2.45) is 0 Å². The molecular weight excluding hydrogens is 256 g/mol. The number of ether oxygens (including phenoxy) is 1. The van der Waals surface area contributed by atoms with E-state index >= 15 is 0 Å². The maximum Gasteiger partial charge on any atom is 0.332 e. The third-order valence-corrected chi connectivity index (χ3v) is 3.53. The molecule has 5 nitrogen and oxygen atoms in total. The number of carboxylic acids is 1. The Morgan fingerprint density at radius 2 is 1.85 bits per heavy atom. The lowest BCUT2D eigenvalue weighted by molar-refractivity contribution is -0.132. The van der Waals surface area contributed by atoms with Gasteiger partial charge in [-0.15, -0.1) is 0 Å². The SMILES string of the molecule is C=C(CN1CCN(c2ccc(OC)cc2)CC1)C(=O)O. The number of piperazine rings is 1. The Kier molecular flexibility index (Phi) is 4.63. The number of carboxylic acid groups (broad SMARTS) is 1. The summed E-state index contributed by atoms with van der Waals surface area (Å²) in [5.41, 5.74) is 1.42. The van der Waals surface area contributed by atoms with Gasteiger partial charge >= 0.3 is 5.97 Å². The van der Waals surface area contributed by atoms with Crippen molar-refractivity contribution >= 4 is 11.7 Å². The van der Waals surface area contributed by atoms with Gasteiger partial charge in [0.25, 0.3) is 0 Å². The molecule has 0 atom stereocenters. The Morgan fingerprint density at radius 1 is 1.25 bits per heavy atom. The molecule has 1 aliphatic rings. The van der Waals surface area contributed by atoms with Gasteiger partial charge in [0, 0.05) is 44.0 Å². The smallest absolute Gasteiger partial charge is 0.332 e. The van der Waals surface area contributed by atoms with Crippen LogP contribution in [0.1, 0.15) is 0 Å². The van der Waals surface area contributed by atoms with Crippen LogP contribution in [-0.4, -0.2) is 55.8 Å². The fraction of sp³-hybridized carbons (Fsp3) is 0.400. The first-order chi connectivity index (χ1) is 9.60. The van der Waals surface area contributed by atoms with Crippen molar-refractivity contribution in [3.05, 3.63) is 36.4 Å². The molecule has 1 saturated heterocycles. The van der Waals surface area contributed by atoms with E-state index in [-0.39, 0.29) is 5.57 Å². The van der Waals surface area contributed by atoms with E-state index in [9.17, 15) is 4.79 Å². The summed E-state index contributed by atoms with van der Waals surface area (Å²) in [6, 6.07) is 8.00. The van der Waals surface area contributed by atoms with Crippen molar-refractivity contribution in [1.82, 2.24) is 4.90 Å². The number of methoxy groups -OCH3 is 1. The van der Waals surface area contributed by atoms with Gasteiger partial charge in [-0.1, -0.05) is 6.58 Å². The zero-order valence-electron chi connectivity index (χ0n) is 11.7. The topological polar surface area (TPSA) is 53.0 Å². The number of aliphatic carboxylic acids is 1. The molecular formula is C15H20N2O3. The van der Waals surface area contributed by atoms with Gasteiger partial charge in [-0.25, -0.2) is 4.79 Å². The quantitative estimate of drug-likeness (QED) is 0.825. The Hall–Kier alpha value is -2.01. The van der Waals surface area contributed by atoms with Gasteiger partial charge < -0.3 is 14.7 Å². The Morgan fingerprint density at radius 3 is 2.35 bits per heavy atom. The summed E-state index contributed by atoms with van der Waals surface area (Å²) in [6.07, 6.45) is 0. The summed E-state index contributed by atoms with van der Waals surface area (Å²) in [6.45, 7) is 7.48. The number of anilines is 1. The highest BCUT2D eigenvalue weighted by Gasteiger charge is 2.19. The Bertz CT molecular complexity index is 476. The number of nitrogens with zero attached hydrogens (tertiary/aromatic N) is 2. The lowest BCUT2D eigenvalue weighted by atomic mass is 10.2. The molecule has 0 unspecified atom stereocenters. The van der Waals surface area contributed by atoms with Crippen molar-refractivity contribution < 1.29 is 14.6 Å². The summed E-state index contributed by atoms with van der Waals surface area (Å²) in [5.74, 6) is -0.0623. The summed E-state index contributed by atoms with van der Waals surface area (Å²) in [5, 5.41) is 8.84. The van der Waals surface area contributed by atoms with E-state index in [1.54, 1.807) is 7.11 Å². The molecule has 1 N–H and O–H groups in total. The Labute approximate surface area is 119 Å². The van der Waals surface area contributed by atoms with E-state index in [2.05, 4.69) is 16.4 Å². The van der Waals surface area contributed by atoms with Gasteiger partial charge in [0.2, 0.25) is 0 Å². The second kappa shape index (κ2) is 6.43. The molecule has 0 bridgehead atoms. The number of hydrogen-bond donors (Lipinski definition) is 1. The van der Waals surface area contributed by atoms with Crippen LogP contribution in [0.2, 0.25) is 0 Å². The van der Waals surface area contributed by atoms with E-state index in [4.69, 9.17) is 9.84 Å². The molecule has 0 radical (unpaired) electrons. The van der Waals surface area contributed by atoms with Crippen molar-refractivity contribution in [3.63, 3.8) is 0 Å². The zero-order valence-corrected chi connectivity index (χ0v) is 11.7. The van der Waals surface area contributed by atoms with E-state index in [1.165, 1.54) is 5.69 Å². The highest BCUT2D eigenvalue weighted by Crippen LogP contribution is 2.20.